The van der Waals surface area contributed by atoms with Crippen LogP contribution in [-0.2, 0) is 19.1 Å². The van der Waals surface area contributed by atoms with Crippen molar-refractivity contribution in [3.63, 3.8) is 0 Å². The van der Waals surface area contributed by atoms with Crippen LogP contribution in [0.15, 0.2) is 48.5 Å². The number of aliphatic carboxylic acids is 1. The number of amides is 2. The Morgan fingerprint density at radius 1 is 1.00 bits per heavy atom. The molecule has 0 bridgehead atoms. The summed E-state index contributed by atoms with van der Waals surface area (Å²) in [5, 5.41) is 12.3. The number of hydrogen-bond acceptors (Lipinski definition) is 5. The van der Waals surface area contributed by atoms with Gasteiger partial charge in [0, 0.05) is 12.5 Å². The Morgan fingerprint density at radius 2 is 1.58 bits per heavy atom. The summed E-state index contributed by atoms with van der Waals surface area (Å²) in [6.07, 6.45) is -5.85. The van der Waals surface area contributed by atoms with Gasteiger partial charge in [0.05, 0.1) is 6.61 Å². The minimum absolute atomic E-state index is 0.0639. The summed E-state index contributed by atoms with van der Waals surface area (Å²) in [6.45, 7) is -0.948. The van der Waals surface area contributed by atoms with Gasteiger partial charge in [-0.2, -0.15) is 13.2 Å². The molecular weight excluding hydrogens is 445 g/mol. The molecule has 2 amide bonds. The fourth-order valence-electron chi connectivity index (χ4n) is 3.53. The van der Waals surface area contributed by atoms with Crippen LogP contribution in [-0.4, -0.2) is 61.7 Å². The topological polar surface area (TPSA) is 114 Å². The predicted octanol–water partition coefficient (Wildman–Crippen LogP) is 2.67. The number of carboxylic acids is 1. The van der Waals surface area contributed by atoms with E-state index in [2.05, 4.69) is 5.32 Å². The second-order valence-corrected chi connectivity index (χ2v) is 7.19. The minimum atomic E-state index is -5.13. The van der Waals surface area contributed by atoms with Crippen LogP contribution in [0.1, 0.15) is 17.0 Å². The van der Waals surface area contributed by atoms with Gasteiger partial charge < -0.3 is 25.2 Å². The van der Waals surface area contributed by atoms with Crippen LogP contribution in [0.3, 0.4) is 0 Å². The Kier molecular flexibility index (Phi) is 7.54. The molecular formula is C22H21F3N2O6. The van der Waals surface area contributed by atoms with E-state index in [1.54, 1.807) is 0 Å². The van der Waals surface area contributed by atoms with E-state index < -0.39 is 36.8 Å². The van der Waals surface area contributed by atoms with E-state index in [1.807, 2.05) is 48.5 Å². The smallest absolute Gasteiger partial charge is 0.419 e. The lowest BCUT2D eigenvalue weighted by Crippen LogP contribution is -2.51. The largest absolute Gasteiger partial charge is 0.479 e. The third-order valence-electron chi connectivity index (χ3n) is 4.97. The van der Waals surface area contributed by atoms with Crippen LogP contribution in [0.4, 0.5) is 18.0 Å². The van der Waals surface area contributed by atoms with E-state index in [9.17, 15) is 27.6 Å². The second kappa shape index (κ2) is 10.3. The van der Waals surface area contributed by atoms with Crippen molar-refractivity contribution in [1.29, 1.82) is 0 Å². The average Bonchev–Trinajstić information content (AvgIpc) is 3.08. The van der Waals surface area contributed by atoms with Crippen molar-refractivity contribution in [2.45, 2.75) is 18.1 Å². The van der Waals surface area contributed by atoms with Crippen LogP contribution >= 0.6 is 0 Å². The van der Waals surface area contributed by atoms with E-state index >= 15 is 0 Å². The zero-order valence-electron chi connectivity index (χ0n) is 17.2. The Labute approximate surface area is 186 Å². The molecule has 1 atom stereocenters. The zero-order chi connectivity index (χ0) is 24.0. The Morgan fingerprint density at radius 3 is 2.12 bits per heavy atom. The van der Waals surface area contributed by atoms with E-state index in [0.717, 1.165) is 22.3 Å². The predicted molar refractivity (Wildman–Crippen MR) is 110 cm³/mol. The molecule has 8 nitrogen and oxygen atoms in total. The van der Waals surface area contributed by atoms with E-state index in [0.29, 0.717) is 0 Å². The number of rotatable bonds is 9. The number of carbonyl (C=O) groups is 3. The molecule has 0 fully saturated rings. The molecule has 0 saturated carbocycles. The highest BCUT2D eigenvalue weighted by atomic mass is 19.4. The highest BCUT2D eigenvalue weighted by Crippen LogP contribution is 2.44. The number of alkyl carbamates (subject to hydrolysis) is 1. The SMILES string of the molecule is O=C(COCCNC(=O)OCC1c2ccccc2-c2ccccc21)NC(C(=O)O)C(F)(F)F. The molecule has 0 spiro atoms. The molecule has 1 aliphatic carbocycles. The molecule has 3 rings (SSSR count). The average molecular weight is 466 g/mol. The minimum Gasteiger partial charge on any atom is -0.479 e. The normalized spacial score (nSPS) is 13.5. The van der Waals surface area contributed by atoms with E-state index in [4.69, 9.17) is 14.6 Å². The van der Waals surface area contributed by atoms with Crippen molar-refractivity contribution in [3.8, 4) is 11.1 Å². The van der Waals surface area contributed by atoms with Crippen LogP contribution < -0.4 is 10.6 Å². The summed E-state index contributed by atoms with van der Waals surface area (Å²) in [5.74, 6) is -3.59. The standard InChI is InChI=1S/C22H21F3N2O6/c23-22(24,25)19(20(29)30)27-18(28)12-32-10-9-26-21(31)33-11-17-15-7-3-1-5-13(15)14-6-2-4-8-16(14)17/h1-8,17,19H,9-12H2,(H,26,31)(H,27,28)(H,29,30). The van der Waals surface area contributed by atoms with Crippen LogP contribution in [0.2, 0.25) is 0 Å². The van der Waals surface area contributed by atoms with Gasteiger partial charge in [0.15, 0.2) is 0 Å². The van der Waals surface area contributed by atoms with Gasteiger partial charge in [-0.1, -0.05) is 48.5 Å². The number of ether oxygens (including phenoxy) is 2. The van der Waals surface area contributed by atoms with Crippen molar-refractivity contribution < 1.29 is 42.1 Å². The lowest BCUT2D eigenvalue weighted by Gasteiger charge is -2.17. The van der Waals surface area contributed by atoms with E-state index in [1.165, 1.54) is 5.32 Å². The Bertz CT molecular complexity index is 982. The first kappa shape index (κ1) is 24.1. The maximum Gasteiger partial charge on any atom is 0.419 e. The molecule has 176 valence electrons. The first-order chi connectivity index (χ1) is 15.7. The van der Waals surface area contributed by atoms with Crippen molar-refractivity contribution in [2.75, 3.05) is 26.4 Å². The number of nitrogens with one attached hydrogen (secondary N) is 2. The summed E-state index contributed by atoms with van der Waals surface area (Å²) >= 11 is 0. The Hall–Kier alpha value is -3.60. The molecule has 0 aromatic heterocycles. The van der Waals surface area contributed by atoms with Crippen molar-refractivity contribution in [2.24, 2.45) is 0 Å². The van der Waals surface area contributed by atoms with Gasteiger partial charge in [-0.25, -0.2) is 9.59 Å². The molecule has 33 heavy (non-hydrogen) atoms. The molecule has 11 heteroatoms. The number of benzene rings is 2. The number of alkyl halides is 3. The lowest BCUT2D eigenvalue weighted by atomic mass is 9.98. The molecule has 0 radical (unpaired) electrons. The fourth-order valence-corrected chi connectivity index (χ4v) is 3.53. The van der Waals surface area contributed by atoms with Gasteiger partial charge >= 0.3 is 18.2 Å². The second-order valence-electron chi connectivity index (χ2n) is 7.19. The lowest BCUT2D eigenvalue weighted by molar-refractivity contribution is -0.182. The van der Waals surface area contributed by atoms with Crippen LogP contribution in [0.5, 0.6) is 0 Å². The maximum atomic E-state index is 12.5. The fraction of sp³-hybridized carbons (Fsp3) is 0.318. The molecule has 0 heterocycles. The van der Waals surface area contributed by atoms with Crippen molar-refractivity contribution >= 4 is 18.0 Å². The number of halogens is 3. The van der Waals surface area contributed by atoms with Gasteiger partial charge in [0.2, 0.25) is 11.9 Å². The number of carbonyl (C=O) groups excluding carboxylic acids is 2. The highest BCUT2D eigenvalue weighted by molar-refractivity contribution is 5.84. The highest BCUT2D eigenvalue weighted by Gasteiger charge is 2.46. The van der Waals surface area contributed by atoms with Crippen LogP contribution in [0.25, 0.3) is 11.1 Å². The van der Waals surface area contributed by atoms with Gasteiger partial charge in [-0.15, -0.1) is 0 Å². The molecule has 2 aromatic rings. The quantitative estimate of drug-likeness (QED) is 0.490. The summed E-state index contributed by atoms with van der Waals surface area (Å²) in [4.78, 5) is 34.0. The molecule has 2 aromatic carbocycles. The monoisotopic (exact) mass is 466 g/mol. The number of hydrogen-bond donors (Lipinski definition) is 3. The van der Waals surface area contributed by atoms with Crippen molar-refractivity contribution in [1.82, 2.24) is 10.6 Å². The number of carboxylic acid groups (broad SMARTS) is 1. The third kappa shape index (κ3) is 6.01. The van der Waals surface area contributed by atoms with Crippen LogP contribution in [0, 0.1) is 0 Å². The van der Waals surface area contributed by atoms with Crippen molar-refractivity contribution in [3.05, 3.63) is 59.7 Å². The number of fused-ring (bicyclic) bond motifs is 3. The molecule has 1 unspecified atom stereocenters. The molecule has 0 aliphatic heterocycles. The maximum absolute atomic E-state index is 12.5. The van der Waals surface area contributed by atoms with E-state index in [-0.39, 0.29) is 25.7 Å². The summed E-state index contributed by atoms with van der Waals surface area (Å²) in [6, 6.07) is 12.7. The molecule has 1 aliphatic rings. The molecule has 0 saturated heterocycles. The first-order valence-electron chi connectivity index (χ1n) is 9.94. The summed E-state index contributed by atoms with van der Waals surface area (Å²) < 4.78 is 47.7. The third-order valence-corrected chi connectivity index (χ3v) is 4.97. The van der Waals surface area contributed by atoms with Gasteiger partial charge in [0.1, 0.15) is 13.2 Å². The Balaban J connectivity index is 1.39. The van der Waals surface area contributed by atoms with Gasteiger partial charge in [0.25, 0.3) is 0 Å². The molecule has 3 N–H and O–H groups in total. The zero-order valence-corrected chi connectivity index (χ0v) is 17.2. The van der Waals surface area contributed by atoms with Gasteiger partial charge in [-0.3, -0.25) is 4.79 Å². The summed E-state index contributed by atoms with van der Waals surface area (Å²) in [5.41, 5.74) is 4.28. The van der Waals surface area contributed by atoms with Gasteiger partial charge in [-0.05, 0) is 22.3 Å². The first-order valence-corrected chi connectivity index (χ1v) is 9.94. The summed E-state index contributed by atoms with van der Waals surface area (Å²) in [7, 11) is 0.